The molecule has 0 spiro atoms. The summed E-state index contributed by atoms with van der Waals surface area (Å²) in [5.41, 5.74) is 0.873. The number of alkyl halides is 3. The third-order valence-corrected chi connectivity index (χ3v) is 5.46. The van der Waals surface area contributed by atoms with E-state index in [0.717, 1.165) is 23.4 Å². The number of carbonyl (C=O) groups excluding carboxylic acids is 1. The molecule has 0 aromatic heterocycles. The average molecular weight is 377 g/mol. The number of carbonyl (C=O) groups is 1. The van der Waals surface area contributed by atoms with Gasteiger partial charge in [-0.15, -0.1) is 0 Å². The van der Waals surface area contributed by atoms with Crippen LogP contribution in [0.25, 0.3) is 0 Å². The quantitative estimate of drug-likeness (QED) is 0.747. The molecular weight excluding hydrogens is 355 g/mol. The summed E-state index contributed by atoms with van der Waals surface area (Å²) < 4.78 is 43.9. The number of esters is 1. The molecule has 144 valence electrons. The van der Waals surface area contributed by atoms with Crippen LogP contribution < -0.4 is 5.32 Å². The van der Waals surface area contributed by atoms with Crippen LogP contribution in [-0.4, -0.2) is 19.6 Å². The molecule has 1 aliphatic rings. The van der Waals surface area contributed by atoms with Crippen LogP contribution in [0.5, 0.6) is 0 Å². The average Bonchev–Trinajstić information content (AvgIpc) is 3.27. The molecule has 1 N–H and O–H groups in total. The molecule has 3 unspecified atom stereocenters. The summed E-state index contributed by atoms with van der Waals surface area (Å²) in [5, 5.41) is 3.03. The van der Waals surface area contributed by atoms with E-state index in [4.69, 9.17) is 4.74 Å². The highest BCUT2D eigenvalue weighted by Gasteiger charge is 2.69. The number of nitrogens with one attached hydrogen (secondary N) is 1. The van der Waals surface area contributed by atoms with Gasteiger partial charge in [0, 0.05) is 18.7 Å². The number of halogens is 3. The molecule has 1 aliphatic carbocycles. The first-order chi connectivity index (χ1) is 12.8. The number of ether oxygens (including phenoxy) is 1. The molecule has 6 heteroatoms. The van der Waals surface area contributed by atoms with E-state index < -0.39 is 17.2 Å². The van der Waals surface area contributed by atoms with E-state index in [2.05, 4.69) is 5.32 Å². The molecule has 0 bridgehead atoms. The monoisotopic (exact) mass is 377 g/mol. The fourth-order valence-electron chi connectivity index (χ4n) is 4.03. The first-order valence-corrected chi connectivity index (χ1v) is 8.89. The molecule has 27 heavy (non-hydrogen) atoms. The van der Waals surface area contributed by atoms with Crippen molar-refractivity contribution in [2.75, 3.05) is 19.0 Å². The van der Waals surface area contributed by atoms with Crippen LogP contribution in [0.3, 0.4) is 0 Å². The van der Waals surface area contributed by atoms with Crippen molar-refractivity contribution >= 4 is 11.7 Å². The number of rotatable bonds is 5. The number of benzene rings is 2. The van der Waals surface area contributed by atoms with Crippen molar-refractivity contribution in [2.24, 2.45) is 5.92 Å². The van der Waals surface area contributed by atoms with Crippen LogP contribution in [0.15, 0.2) is 48.5 Å². The van der Waals surface area contributed by atoms with Gasteiger partial charge >= 0.3 is 12.1 Å². The minimum absolute atomic E-state index is 0.0753. The Labute approximate surface area is 156 Å². The largest absolute Gasteiger partial charge is 0.465 e. The Morgan fingerprint density at radius 2 is 1.70 bits per heavy atom. The molecule has 0 heterocycles. The second kappa shape index (κ2) is 6.91. The predicted molar refractivity (Wildman–Crippen MR) is 97.6 cm³/mol. The highest BCUT2D eigenvalue weighted by Crippen LogP contribution is 2.66. The van der Waals surface area contributed by atoms with Crippen molar-refractivity contribution in [3.63, 3.8) is 0 Å². The second-order valence-corrected chi connectivity index (χ2v) is 6.80. The SMILES string of the molecule is CCOC(=O)C1(c2ccc(NC)cc2)C(C)C1c1ccc(C(F)(F)F)cc1. The van der Waals surface area contributed by atoms with Crippen molar-refractivity contribution in [2.45, 2.75) is 31.4 Å². The van der Waals surface area contributed by atoms with Crippen LogP contribution >= 0.6 is 0 Å². The maximum atomic E-state index is 12.9. The van der Waals surface area contributed by atoms with Crippen molar-refractivity contribution < 1.29 is 22.7 Å². The highest BCUT2D eigenvalue weighted by molar-refractivity contribution is 5.90. The van der Waals surface area contributed by atoms with Crippen LogP contribution in [0.4, 0.5) is 18.9 Å². The van der Waals surface area contributed by atoms with E-state index in [1.54, 1.807) is 14.0 Å². The Bertz CT molecular complexity index is 815. The van der Waals surface area contributed by atoms with E-state index in [9.17, 15) is 18.0 Å². The third kappa shape index (κ3) is 3.17. The van der Waals surface area contributed by atoms with Gasteiger partial charge in [-0.1, -0.05) is 31.2 Å². The summed E-state index contributed by atoms with van der Waals surface area (Å²) in [4.78, 5) is 12.9. The van der Waals surface area contributed by atoms with Gasteiger partial charge in [-0.2, -0.15) is 13.2 Å². The zero-order valence-electron chi connectivity index (χ0n) is 15.4. The number of hydrogen-bond acceptors (Lipinski definition) is 3. The van der Waals surface area contributed by atoms with E-state index in [1.165, 1.54) is 12.1 Å². The van der Waals surface area contributed by atoms with Gasteiger partial charge in [0.25, 0.3) is 0 Å². The molecule has 3 nitrogen and oxygen atoms in total. The van der Waals surface area contributed by atoms with Crippen LogP contribution in [0, 0.1) is 5.92 Å². The molecule has 3 atom stereocenters. The number of hydrogen-bond donors (Lipinski definition) is 1. The summed E-state index contributed by atoms with van der Waals surface area (Å²) in [5.74, 6) is -0.632. The van der Waals surface area contributed by atoms with E-state index in [-0.39, 0.29) is 24.4 Å². The van der Waals surface area contributed by atoms with E-state index in [1.807, 2.05) is 31.2 Å². The van der Waals surface area contributed by atoms with Gasteiger partial charge in [0.1, 0.15) is 5.41 Å². The Balaban J connectivity index is 2.00. The van der Waals surface area contributed by atoms with Crippen molar-refractivity contribution in [1.82, 2.24) is 0 Å². The van der Waals surface area contributed by atoms with Gasteiger partial charge in [-0.05, 0) is 48.2 Å². The zero-order valence-corrected chi connectivity index (χ0v) is 15.4. The fourth-order valence-corrected chi connectivity index (χ4v) is 4.03. The maximum absolute atomic E-state index is 12.9. The molecule has 2 aromatic rings. The molecule has 0 saturated heterocycles. The smallest absolute Gasteiger partial charge is 0.416 e. The zero-order chi connectivity index (χ0) is 19.8. The summed E-state index contributed by atoms with van der Waals surface area (Å²) in [6.07, 6.45) is -4.38. The minimum atomic E-state index is -4.38. The van der Waals surface area contributed by atoms with Gasteiger partial charge in [-0.3, -0.25) is 4.79 Å². The minimum Gasteiger partial charge on any atom is -0.465 e. The Hall–Kier alpha value is -2.50. The van der Waals surface area contributed by atoms with Crippen molar-refractivity contribution in [3.8, 4) is 0 Å². The van der Waals surface area contributed by atoms with Gasteiger partial charge in [0.05, 0.1) is 12.2 Å². The van der Waals surface area contributed by atoms with Crippen LogP contribution in [-0.2, 0) is 21.1 Å². The summed E-state index contributed by atoms with van der Waals surface area (Å²) >= 11 is 0. The van der Waals surface area contributed by atoms with E-state index >= 15 is 0 Å². The molecule has 0 amide bonds. The lowest BCUT2D eigenvalue weighted by Crippen LogP contribution is -2.26. The van der Waals surface area contributed by atoms with E-state index in [0.29, 0.717) is 5.56 Å². The fraction of sp³-hybridized carbons (Fsp3) is 0.381. The van der Waals surface area contributed by atoms with Gasteiger partial charge < -0.3 is 10.1 Å². The lowest BCUT2D eigenvalue weighted by atomic mass is 9.89. The molecule has 1 saturated carbocycles. The Morgan fingerprint density at radius 3 is 2.19 bits per heavy atom. The van der Waals surface area contributed by atoms with Gasteiger partial charge in [-0.25, -0.2) is 0 Å². The van der Waals surface area contributed by atoms with Crippen LogP contribution in [0.2, 0.25) is 0 Å². The number of anilines is 1. The Kier molecular flexibility index (Phi) is 4.93. The molecular formula is C21H22F3NO2. The normalized spacial score (nSPS) is 24.4. The Morgan fingerprint density at radius 1 is 1.11 bits per heavy atom. The van der Waals surface area contributed by atoms with Crippen LogP contribution in [0.1, 0.15) is 36.5 Å². The maximum Gasteiger partial charge on any atom is 0.416 e. The lowest BCUT2D eigenvalue weighted by Gasteiger charge is -2.18. The standard InChI is InChI=1S/C21H22F3NO2/c1-4-27-19(26)20(15-9-11-17(25-3)12-10-15)13(2)18(20)14-5-7-16(8-6-14)21(22,23)24/h5-13,18,25H,4H2,1-3H3. The summed E-state index contributed by atoms with van der Waals surface area (Å²) in [6.45, 7) is 3.93. The lowest BCUT2D eigenvalue weighted by molar-refractivity contribution is -0.146. The first-order valence-electron chi connectivity index (χ1n) is 8.89. The summed E-state index contributed by atoms with van der Waals surface area (Å²) in [7, 11) is 1.81. The summed E-state index contributed by atoms with van der Waals surface area (Å²) in [6, 6.07) is 12.6. The third-order valence-electron chi connectivity index (χ3n) is 5.46. The van der Waals surface area contributed by atoms with Crippen molar-refractivity contribution in [1.29, 1.82) is 0 Å². The first kappa shape index (κ1) is 19.3. The molecule has 0 radical (unpaired) electrons. The highest BCUT2D eigenvalue weighted by atomic mass is 19.4. The predicted octanol–water partition coefficient (Wildman–Crippen LogP) is 4.98. The molecule has 2 aromatic carbocycles. The van der Waals surface area contributed by atoms with Gasteiger partial charge in [0.2, 0.25) is 0 Å². The van der Waals surface area contributed by atoms with Gasteiger partial charge in [0.15, 0.2) is 0 Å². The topological polar surface area (TPSA) is 38.3 Å². The molecule has 1 fully saturated rings. The van der Waals surface area contributed by atoms with Crippen molar-refractivity contribution in [3.05, 3.63) is 65.2 Å². The molecule has 3 rings (SSSR count). The second-order valence-electron chi connectivity index (χ2n) is 6.80. The molecule has 0 aliphatic heterocycles.